The third-order valence-corrected chi connectivity index (χ3v) is 3.01. The lowest BCUT2D eigenvalue weighted by atomic mass is 9.97. The van der Waals surface area contributed by atoms with Crippen LogP contribution in [0.1, 0.15) is 25.3 Å². The van der Waals surface area contributed by atoms with Gasteiger partial charge in [-0.1, -0.05) is 26.0 Å². The molecule has 2 rings (SSSR count). The van der Waals surface area contributed by atoms with Crippen molar-refractivity contribution in [2.45, 2.75) is 32.7 Å². The van der Waals surface area contributed by atoms with Crippen LogP contribution in [0.5, 0.6) is 0 Å². The van der Waals surface area contributed by atoms with Gasteiger partial charge in [0.05, 0.1) is 6.54 Å². The summed E-state index contributed by atoms with van der Waals surface area (Å²) in [6.07, 6.45) is -1.07. The van der Waals surface area contributed by atoms with E-state index in [-0.39, 0.29) is 5.56 Å². The van der Waals surface area contributed by atoms with Crippen LogP contribution in [0.15, 0.2) is 35.3 Å². The van der Waals surface area contributed by atoms with Crippen molar-refractivity contribution in [2.24, 2.45) is 0 Å². The fraction of sp³-hybridized carbons (Fsp3) is 0.357. The second-order valence-corrected chi connectivity index (χ2v) is 4.63. The number of aromatic nitrogens is 1. The Labute approximate surface area is 104 Å². The van der Waals surface area contributed by atoms with E-state index in [2.05, 4.69) is 0 Å². The summed E-state index contributed by atoms with van der Waals surface area (Å²) in [5, 5.41) is 1.35. The summed E-state index contributed by atoms with van der Waals surface area (Å²) in [6, 6.07) is 7.19. The molecule has 0 spiro atoms. The fourth-order valence-corrected chi connectivity index (χ4v) is 2.14. The standard InChI is InChI=1S/C14H15F2NO/c1-9(2)10-4-3-5-12-11(10)6-7-17(14(12)18)8-13(15)16/h3-7,9,13H,8H2,1-2H3. The minimum absolute atomic E-state index is 0.291. The molecule has 0 N–H and O–H groups in total. The van der Waals surface area contributed by atoms with Gasteiger partial charge in [0.1, 0.15) is 0 Å². The van der Waals surface area contributed by atoms with Gasteiger partial charge < -0.3 is 4.57 Å². The molecule has 0 bridgehead atoms. The van der Waals surface area contributed by atoms with Crippen LogP contribution in [0.3, 0.4) is 0 Å². The zero-order chi connectivity index (χ0) is 13.3. The van der Waals surface area contributed by atoms with Crippen LogP contribution in [0.4, 0.5) is 8.78 Å². The van der Waals surface area contributed by atoms with E-state index in [4.69, 9.17) is 0 Å². The van der Waals surface area contributed by atoms with E-state index in [0.717, 1.165) is 15.5 Å². The van der Waals surface area contributed by atoms with Crippen LogP contribution in [0.2, 0.25) is 0 Å². The van der Waals surface area contributed by atoms with Crippen LogP contribution < -0.4 is 5.56 Å². The zero-order valence-corrected chi connectivity index (χ0v) is 10.4. The van der Waals surface area contributed by atoms with E-state index >= 15 is 0 Å². The number of hydrogen-bond donors (Lipinski definition) is 0. The Hall–Kier alpha value is -1.71. The van der Waals surface area contributed by atoms with Crippen molar-refractivity contribution in [1.82, 2.24) is 4.57 Å². The number of fused-ring (bicyclic) bond motifs is 1. The zero-order valence-electron chi connectivity index (χ0n) is 10.4. The maximum atomic E-state index is 12.3. The summed E-state index contributed by atoms with van der Waals surface area (Å²) < 4.78 is 25.8. The Morgan fingerprint density at radius 2 is 1.89 bits per heavy atom. The first kappa shape index (κ1) is 12.7. The number of benzene rings is 1. The molecule has 0 saturated heterocycles. The van der Waals surface area contributed by atoms with Gasteiger partial charge in [0, 0.05) is 11.6 Å². The van der Waals surface area contributed by atoms with Gasteiger partial charge in [-0.2, -0.15) is 0 Å². The van der Waals surface area contributed by atoms with Crippen molar-refractivity contribution >= 4 is 10.8 Å². The molecule has 2 nitrogen and oxygen atoms in total. The highest BCUT2D eigenvalue weighted by Crippen LogP contribution is 2.23. The highest BCUT2D eigenvalue weighted by Gasteiger charge is 2.11. The highest BCUT2D eigenvalue weighted by atomic mass is 19.3. The number of hydrogen-bond acceptors (Lipinski definition) is 1. The molecule has 0 aliphatic rings. The van der Waals surface area contributed by atoms with E-state index in [1.807, 2.05) is 19.9 Å². The van der Waals surface area contributed by atoms with Crippen molar-refractivity contribution < 1.29 is 8.78 Å². The highest BCUT2D eigenvalue weighted by molar-refractivity contribution is 5.85. The van der Waals surface area contributed by atoms with E-state index in [1.165, 1.54) is 6.20 Å². The van der Waals surface area contributed by atoms with Crippen molar-refractivity contribution in [2.75, 3.05) is 0 Å². The number of pyridine rings is 1. The van der Waals surface area contributed by atoms with Gasteiger partial charge in [0.2, 0.25) is 0 Å². The molecule has 0 aliphatic carbocycles. The molecule has 0 atom stereocenters. The maximum Gasteiger partial charge on any atom is 0.258 e. The first-order valence-electron chi connectivity index (χ1n) is 5.91. The normalized spacial score (nSPS) is 11.7. The molecule has 0 amide bonds. The van der Waals surface area contributed by atoms with Crippen molar-refractivity contribution in [1.29, 1.82) is 0 Å². The molecule has 1 heterocycles. The van der Waals surface area contributed by atoms with Crippen LogP contribution in [0, 0.1) is 0 Å². The van der Waals surface area contributed by atoms with Crippen LogP contribution in [-0.2, 0) is 6.54 Å². The van der Waals surface area contributed by atoms with Crippen molar-refractivity contribution in [3.63, 3.8) is 0 Å². The predicted molar refractivity (Wildman–Crippen MR) is 68.3 cm³/mol. The van der Waals surface area contributed by atoms with Gasteiger partial charge in [0.15, 0.2) is 0 Å². The number of nitrogens with zero attached hydrogens (tertiary/aromatic N) is 1. The molecule has 1 aromatic carbocycles. The quantitative estimate of drug-likeness (QED) is 0.819. The lowest BCUT2D eigenvalue weighted by molar-refractivity contribution is 0.125. The molecule has 4 heteroatoms. The van der Waals surface area contributed by atoms with Crippen LogP contribution >= 0.6 is 0 Å². The SMILES string of the molecule is CC(C)c1cccc2c(=O)n(CC(F)F)ccc12. The molecule has 0 radical (unpaired) electrons. The first-order chi connectivity index (χ1) is 8.50. The molecule has 0 saturated carbocycles. The minimum atomic E-state index is -2.52. The van der Waals surface area contributed by atoms with E-state index < -0.39 is 13.0 Å². The minimum Gasteiger partial charge on any atom is -0.309 e. The lowest BCUT2D eigenvalue weighted by Gasteiger charge is -2.11. The molecular weight excluding hydrogens is 236 g/mol. The number of alkyl halides is 2. The average molecular weight is 251 g/mol. The summed E-state index contributed by atoms with van der Waals surface area (Å²) in [5.74, 6) is 0.291. The smallest absolute Gasteiger partial charge is 0.258 e. The van der Waals surface area contributed by atoms with Gasteiger partial charge in [-0.15, -0.1) is 0 Å². The van der Waals surface area contributed by atoms with Crippen LogP contribution in [-0.4, -0.2) is 11.0 Å². The first-order valence-corrected chi connectivity index (χ1v) is 5.91. The average Bonchev–Trinajstić information content (AvgIpc) is 2.31. The van der Waals surface area contributed by atoms with Gasteiger partial charge in [-0.25, -0.2) is 8.78 Å². The van der Waals surface area contributed by atoms with Crippen molar-refractivity contribution in [3.05, 3.63) is 46.4 Å². The Kier molecular flexibility index (Phi) is 3.45. The molecule has 96 valence electrons. The summed E-state index contributed by atoms with van der Waals surface area (Å²) in [6.45, 7) is 3.53. The molecule has 0 fully saturated rings. The molecule has 1 aromatic heterocycles. The Balaban J connectivity index is 2.66. The van der Waals surface area contributed by atoms with E-state index in [9.17, 15) is 13.6 Å². The third kappa shape index (κ3) is 2.28. The summed E-state index contributed by atoms with van der Waals surface area (Å²) in [4.78, 5) is 12.1. The third-order valence-electron chi connectivity index (χ3n) is 3.01. The molecular formula is C14H15F2NO. The van der Waals surface area contributed by atoms with E-state index in [1.54, 1.807) is 18.2 Å². The number of rotatable bonds is 3. The topological polar surface area (TPSA) is 22.0 Å². The lowest BCUT2D eigenvalue weighted by Crippen LogP contribution is -2.23. The Morgan fingerprint density at radius 3 is 2.50 bits per heavy atom. The van der Waals surface area contributed by atoms with Crippen molar-refractivity contribution in [3.8, 4) is 0 Å². The van der Waals surface area contributed by atoms with Gasteiger partial charge in [-0.05, 0) is 29.0 Å². The second-order valence-electron chi connectivity index (χ2n) is 4.63. The van der Waals surface area contributed by atoms with Gasteiger partial charge in [0.25, 0.3) is 12.0 Å². The van der Waals surface area contributed by atoms with Gasteiger partial charge in [-0.3, -0.25) is 4.79 Å². The molecule has 18 heavy (non-hydrogen) atoms. The second kappa shape index (κ2) is 4.88. The maximum absolute atomic E-state index is 12.3. The largest absolute Gasteiger partial charge is 0.309 e. The van der Waals surface area contributed by atoms with Crippen LogP contribution in [0.25, 0.3) is 10.8 Å². The molecule has 0 unspecified atom stereocenters. The summed E-state index contributed by atoms with van der Waals surface area (Å²) >= 11 is 0. The summed E-state index contributed by atoms with van der Waals surface area (Å²) in [7, 11) is 0. The monoisotopic (exact) mass is 251 g/mol. The Morgan fingerprint density at radius 1 is 1.17 bits per heavy atom. The predicted octanol–water partition coefficient (Wildman–Crippen LogP) is 3.39. The summed E-state index contributed by atoms with van der Waals surface area (Å²) in [5.41, 5.74) is 0.712. The molecule has 2 aromatic rings. The van der Waals surface area contributed by atoms with Gasteiger partial charge >= 0.3 is 0 Å². The fourth-order valence-electron chi connectivity index (χ4n) is 2.14. The Bertz CT molecular complexity index is 617. The molecule has 0 aliphatic heterocycles. The van der Waals surface area contributed by atoms with E-state index in [0.29, 0.717) is 11.3 Å². The number of halogens is 2.